The molecule has 9 N–H and O–H groups in total. The minimum absolute atomic E-state index is 0.153. The van der Waals surface area contributed by atoms with Gasteiger partial charge in [-0.05, 0) is 61.9 Å². The van der Waals surface area contributed by atoms with Crippen LogP contribution in [0.15, 0.2) is 66.7 Å². The first-order valence-corrected chi connectivity index (χ1v) is 24.4. The maximum absolute atomic E-state index is 15.1. The van der Waals surface area contributed by atoms with Gasteiger partial charge < -0.3 is 66.3 Å². The van der Waals surface area contributed by atoms with Gasteiger partial charge in [0.2, 0.25) is 41.4 Å². The Balaban J connectivity index is 2.01. The maximum Gasteiger partial charge on any atom is 0.332 e. The molecule has 3 heterocycles. The number of nitrogens with one attached hydrogen (secondary N) is 6. The van der Waals surface area contributed by atoms with Crippen molar-refractivity contribution in [2.45, 2.75) is 129 Å². The summed E-state index contributed by atoms with van der Waals surface area (Å²) in [4.78, 5) is 128. The second-order valence-electron chi connectivity index (χ2n) is 18.9. The number of fused-ring (bicyclic) bond motifs is 11. The van der Waals surface area contributed by atoms with Crippen molar-refractivity contribution in [1.29, 1.82) is 0 Å². The lowest BCUT2D eigenvalue weighted by Crippen LogP contribution is -2.61. The van der Waals surface area contributed by atoms with Gasteiger partial charge in [-0.2, -0.15) is 0 Å². The molecular formula is C51H71N7O15. The van der Waals surface area contributed by atoms with Crippen molar-refractivity contribution >= 4 is 53.3 Å². The number of carbonyl (C=O) groups is 9. The Morgan fingerprint density at radius 1 is 0.795 bits per heavy atom. The molecule has 4 bridgehead atoms. The summed E-state index contributed by atoms with van der Waals surface area (Å²) in [6.45, 7) is 10.00. The zero-order valence-electron chi connectivity index (χ0n) is 42.7. The van der Waals surface area contributed by atoms with E-state index in [0.29, 0.717) is 5.56 Å². The van der Waals surface area contributed by atoms with Crippen molar-refractivity contribution in [3.63, 3.8) is 0 Å². The third-order valence-electron chi connectivity index (χ3n) is 13.0. The number of aliphatic hydroxyl groups is 3. The quantitative estimate of drug-likeness (QED) is 0.135. The highest BCUT2D eigenvalue weighted by atomic mass is 16.6. The summed E-state index contributed by atoms with van der Waals surface area (Å²) in [5.74, 6) is -11.7. The van der Waals surface area contributed by atoms with Crippen LogP contribution in [0.25, 0.3) is 0 Å². The van der Waals surface area contributed by atoms with Crippen molar-refractivity contribution in [2.75, 3.05) is 26.8 Å². The summed E-state index contributed by atoms with van der Waals surface area (Å²) < 4.78 is 17.1. The van der Waals surface area contributed by atoms with Crippen molar-refractivity contribution in [1.82, 2.24) is 36.8 Å². The molecule has 0 saturated carbocycles. The van der Waals surface area contributed by atoms with Crippen LogP contribution >= 0.6 is 0 Å². The Labute approximate surface area is 424 Å². The minimum Gasteiger partial charge on any atom is -0.490 e. The van der Waals surface area contributed by atoms with Gasteiger partial charge in [0.1, 0.15) is 61.3 Å². The van der Waals surface area contributed by atoms with Gasteiger partial charge in [0.15, 0.2) is 6.04 Å². The molecule has 1 unspecified atom stereocenters. The van der Waals surface area contributed by atoms with Crippen LogP contribution in [0.1, 0.15) is 79.0 Å². The summed E-state index contributed by atoms with van der Waals surface area (Å²) in [6.07, 6.45) is -2.69. The van der Waals surface area contributed by atoms with Crippen molar-refractivity contribution in [3.8, 4) is 5.75 Å². The summed E-state index contributed by atoms with van der Waals surface area (Å²) in [5, 5.41) is 47.2. The predicted molar refractivity (Wildman–Crippen MR) is 262 cm³/mol. The molecule has 13 atom stereocenters. The zero-order chi connectivity index (χ0) is 54.3. The van der Waals surface area contributed by atoms with E-state index in [1.54, 1.807) is 65.0 Å². The summed E-state index contributed by atoms with van der Waals surface area (Å²) in [6, 6.07) is 4.41. The Kier molecular flexibility index (Phi) is 21.9. The van der Waals surface area contributed by atoms with Gasteiger partial charge in [0.05, 0.1) is 24.7 Å². The van der Waals surface area contributed by atoms with E-state index in [0.717, 1.165) is 11.0 Å². The first-order chi connectivity index (χ1) is 34.5. The largest absolute Gasteiger partial charge is 0.490 e. The van der Waals surface area contributed by atoms with Gasteiger partial charge >= 0.3 is 11.9 Å². The highest BCUT2D eigenvalue weighted by Gasteiger charge is 2.42. The SMILES string of the molecule is CC[C@H](C)[C@H]1NC(=O)[C@@H](NC(=O)[C@H](C)[C@H](O)C(C)C)[C@@H](C)OC(=O)[C@@H]2COC(=O)CNC(=O)/C=C/C(CO)[C@@H](C)Oc3ccc(cc3)[C@H](NC1=O)C(=O)N(C)[C@@H](Cc1ccccc1)C(=O)N[C@H]([C@@H](C)O)C(=O)N2. The van der Waals surface area contributed by atoms with Crippen LogP contribution in [-0.2, 0) is 59.0 Å². The monoisotopic (exact) mass is 1020 g/mol. The van der Waals surface area contributed by atoms with Gasteiger partial charge in [0, 0.05) is 19.4 Å². The third-order valence-corrected chi connectivity index (χ3v) is 13.0. The van der Waals surface area contributed by atoms with E-state index in [2.05, 4.69) is 31.9 Å². The van der Waals surface area contributed by atoms with Crippen molar-refractivity contribution in [3.05, 3.63) is 77.9 Å². The van der Waals surface area contributed by atoms with Crippen LogP contribution in [0, 0.1) is 23.7 Å². The Morgan fingerprint density at radius 3 is 2.03 bits per heavy atom. The molecule has 3 aliphatic heterocycles. The summed E-state index contributed by atoms with van der Waals surface area (Å²) >= 11 is 0. The number of likely N-dealkylation sites (N-methyl/N-ethyl adjacent to an activating group) is 1. The van der Waals surface area contributed by atoms with E-state index in [9.17, 15) is 53.7 Å². The molecule has 2 aromatic carbocycles. The summed E-state index contributed by atoms with van der Waals surface area (Å²) in [5.41, 5.74) is 0.747. The number of nitrogens with zero attached hydrogens (tertiary/aromatic N) is 1. The molecule has 7 amide bonds. The highest BCUT2D eigenvalue weighted by molar-refractivity contribution is 5.98. The number of ether oxygens (including phenoxy) is 3. The van der Waals surface area contributed by atoms with Gasteiger partial charge in [-0.25, -0.2) is 4.79 Å². The lowest BCUT2D eigenvalue weighted by atomic mass is 9.93. The molecule has 73 heavy (non-hydrogen) atoms. The van der Waals surface area contributed by atoms with Gasteiger partial charge in [0.25, 0.3) is 0 Å². The molecule has 0 radical (unpaired) electrons. The Morgan fingerprint density at radius 2 is 1.42 bits per heavy atom. The molecule has 22 heteroatoms. The molecule has 400 valence electrons. The normalized spacial score (nSPS) is 27.7. The fraction of sp³-hybridized carbons (Fsp3) is 0.549. The summed E-state index contributed by atoms with van der Waals surface area (Å²) in [7, 11) is 1.31. The van der Waals surface area contributed by atoms with Crippen molar-refractivity contribution < 1.29 is 72.7 Å². The Bertz CT molecular complexity index is 2300. The topological polar surface area (TPSA) is 317 Å². The van der Waals surface area contributed by atoms with Crippen molar-refractivity contribution in [2.24, 2.45) is 23.7 Å². The minimum atomic E-state index is -1.95. The van der Waals surface area contributed by atoms with Gasteiger partial charge in [-0.3, -0.25) is 38.4 Å². The molecule has 5 rings (SSSR count). The van der Waals surface area contributed by atoms with E-state index in [4.69, 9.17) is 14.2 Å². The number of benzene rings is 2. The second-order valence-corrected chi connectivity index (χ2v) is 18.9. The van der Waals surface area contributed by atoms with Crippen LogP contribution < -0.4 is 36.6 Å². The van der Waals surface area contributed by atoms with Crippen LogP contribution in [0.2, 0.25) is 0 Å². The number of rotatable bonds is 10. The molecule has 1 saturated heterocycles. The lowest BCUT2D eigenvalue weighted by Gasteiger charge is -2.34. The number of hydrogen-bond acceptors (Lipinski definition) is 15. The average Bonchev–Trinajstić information content (AvgIpc) is 3.36. The van der Waals surface area contributed by atoms with Gasteiger partial charge in [-0.15, -0.1) is 0 Å². The first-order valence-electron chi connectivity index (χ1n) is 24.4. The molecule has 3 aliphatic rings. The average molecular weight is 1020 g/mol. The fourth-order valence-electron chi connectivity index (χ4n) is 7.96. The van der Waals surface area contributed by atoms with E-state index >= 15 is 4.79 Å². The number of aliphatic hydroxyl groups excluding tert-OH is 3. The van der Waals surface area contributed by atoms with Gasteiger partial charge in [-0.1, -0.05) is 89.6 Å². The molecule has 1 fully saturated rings. The lowest BCUT2D eigenvalue weighted by molar-refractivity contribution is -0.160. The second kappa shape index (κ2) is 27.2. The third kappa shape index (κ3) is 16.3. The number of amides is 7. The molecule has 0 aliphatic carbocycles. The standard InChI is InChI=1S/C51H71N7O15/c1-10-27(4)40-47(66)57-43-33-16-19-35(20-17-33)72-30(7)34(24-59)18-21-38(61)52-23-39(62)71-25-36(51(70)73-31(8)42(49(68)54-40)56-45(64)28(5)44(63)26(2)3)53-48(67)41(29(6)60)55-46(65)37(58(9)50(43)69)22-32-14-12-11-13-15-32/h11-21,26-31,34,36-37,40-44,59-60,63H,10,22-25H2,1-9H3,(H,52,61)(H,53,67)(H,54,68)(H,55,65)(H,56,64)(H,57,66)/b21-18+/t27-,28+,29+,30+,31+,34?,36-,37-,40+,41+,42-,43-,44+/m0/s1. The first kappa shape index (κ1) is 58.7. The van der Waals surface area contributed by atoms with Crippen LogP contribution in [0.4, 0.5) is 0 Å². The zero-order valence-corrected chi connectivity index (χ0v) is 42.7. The maximum atomic E-state index is 15.1. The predicted octanol–water partition coefficient (Wildman–Crippen LogP) is -0.517. The van der Waals surface area contributed by atoms with Crippen LogP contribution in [0.3, 0.4) is 0 Å². The van der Waals surface area contributed by atoms with E-state index in [1.165, 1.54) is 58.2 Å². The van der Waals surface area contributed by atoms with E-state index < -0.39 is 157 Å². The molecule has 0 spiro atoms. The Hall–Kier alpha value is -6.91. The molecular weight excluding hydrogens is 951 g/mol. The van der Waals surface area contributed by atoms with Crippen LogP contribution in [0.5, 0.6) is 5.75 Å². The fourth-order valence-corrected chi connectivity index (χ4v) is 7.96. The van der Waals surface area contributed by atoms with E-state index in [1.807, 2.05) is 0 Å². The molecule has 2 aromatic rings. The van der Waals surface area contributed by atoms with Crippen LogP contribution in [-0.4, -0.2) is 155 Å². The molecule has 22 nitrogen and oxygen atoms in total. The van der Waals surface area contributed by atoms with E-state index in [-0.39, 0.29) is 24.2 Å². The number of hydrogen-bond donors (Lipinski definition) is 9. The molecule has 0 aromatic heterocycles. The smallest absolute Gasteiger partial charge is 0.332 e. The number of cyclic esters (lactones) is 1. The number of esters is 2. The number of carbonyl (C=O) groups excluding carboxylic acids is 9. The highest BCUT2D eigenvalue weighted by Crippen LogP contribution is 2.25.